The molecule has 11 rings (SSSR count). The van der Waals surface area contributed by atoms with Crippen molar-refractivity contribution in [2.75, 3.05) is 0 Å². The van der Waals surface area contributed by atoms with Crippen LogP contribution in [0.3, 0.4) is 0 Å². The highest BCUT2D eigenvalue weighted by Crippen LogP contribution is 2.53. The zero-order chi connectivity index (χ0) is 36.7. The van der Waals surface area contributed by atoms with Gasteiger partial charge in [-0.1, -0.05) is 141 Å². The maximum absolute atomic E-state index is 6.42. The topological polar surface area (TPSA) is 64.7 Å². The lowest BCUT2D eigenvalue weighted by molar-refractivity contribution is 0.661. The number of aromatic nitrogens is 4. The average molecular weight is 725 g/mol. The zero-order valence-corrected chi connectivity index (χ0v) is 30.9. The average Bonchev–Trinajstić information content (AvgIpc) is 3.92. The summed E-state index contributed by atoms with van der Waals surface area (Å²) in [6, 6.07) is 54.8. The minimum Gasteiger partial charge on any atom is -0.455 e. The lowest BCUT2D eigenvalue weighted by atomic mass is 9.81. The Labute approximate surface area is 321 Å². The Morgan fingerprint density at radius 2 is 1.13 bits per heavy atom. The minimum absolute atomic E-state index is 0.172. The Balaban J connectivity index is 1.03. The number of benzene rings is 7. The number of furan rings is 1. The van der Waals surface area contributed by atoms with Crippen molar-refractivity contribution in [3.63, 3.8) is 0 Å². The molecule has 0 amide bonds. The molecule has 0 aliphatic heterocycles. The summed E-state index contributed by atoms with van der Waals surface area (Å²) < 4.78 is 7.67. The first-order chi connectivity index (χ1) is 27.0. The monoisotopic (exact) mass is 724 g/mol. The van der Waals surface area contributed by atoms with Crippen LogP contribution < -0.4 is 0 Å². The quantitative estimate of drug-likeness (QED) is 0.177. The number of rotatable bonds is 5. The summed E-state index contributed by atoms with van der Waals surface area (Å²) in [6.07, 6.45) is 0. The number of thiazole rings is 1. The summed E-state index contributed by atoms with van der Waals surface area (Å²) in [6.45, 7) is 4.67. The van der Waals surface area contributed by atoms with Crippen molar-refractivity contribution in [1.29, 1.82) is 0 Å². The number of fused-ring (bicyclic) bond motifs is 8. The summed E-state index contributed by atoms with van der Waals surface area (Å²) in [5.74, 6) is 1.79. The number of nitrogens with zero attached hydrogens (tertiary/aromatic N) is 4. The van der Waals surface area contributed by atoms with Crippen LogP contribution in [-0.2, 0) is 5.41 Å². The maximum atomic E-state index is 6.42. The molecule has 55 heavy (non-hydrogen) atoms. The van der Waals surface area contributed by atoms with Gasteiger partial charge in [0.25, 0.3) is 0 Å². The molecule has 1 aliphatic carbocycles. The second kappa shape index (κ2) is 12.1. The van der Waals surface area contributed by atoms with Gasteiger partial charge in [-0.15, -0.1) is 11.3 Å². The molecule has 3 heterocycles. The Hall–Kier alpha value is -6.76. The summed E-state index contributed by atoms with van der Waals surface area (Å²) in [4.78, 5) is 20.3. The fourth-order valence-corrected chi connectivity index (χ4v) is 9.32. The van der Waals surface area contributed by atoms with Crippen LogP contribution in [0.15, 0.2) is 162 Å². The van der Waals surface area contributed by atoms with Crippen LogP contribution >= 0.6 is 11.3 Å². The summed E-state index contributed by atoms with van der Waals surface area (Å²) in [5, 5.41) is 3.15. The van der Waals surface area contributed by atoms with Crippen molar-refractivity contribution < 1.29 is 4.42 Å². The Bertz CT molecular complexity index is 3130. The highest BCUT2D eigenvalue weighted by Gasteiger charge is 2.37. The molecule has 260 valence electrons. The van der Waals surface area contributed by atoms with Crippen molar-refractivity contribution in [1.82, 2.24) is 19.9 Å². The zero-order valence-electron chi connectivity index (χ0n) is 30.1. The molecular weight excluding hydrogens is 693 g/mol. The molecule has 0 radical (unpaired) electrons. The maximum Gasteiger partial charge on any atom is 0.167 e. The smallest absolute Gasteiger partial charge is 0.167 e. The molecule has 0 saturated carbocycles. The third-order valence-corrected chi connectivity index (χ3v) is 12.1. The molecule has 1 aliphatic rings. The van der Waals surface area contributed by atoms with E-state index in [1.54, 1.807) is 11.3 Å². The van der Waals surface area contributed by atoms with Crippen LogP contribution in [0.5, 0.6) is 0 Å². The molecule has 0 spiro atoms. The van der Waals surface area contributed by atoms with E-state index < -0.39 is 0 Å². The normalized spacial score (nSPS) is 13.1. The largest absolute Gasteiger partial charge is 0.455 e. The van der Waals surface area contributed by atoms with E-state index in [0.717, 1.165) is 65.8 Å². The molecule has 0 atom stereocenters. The Kier molecular flexibility index (Phi) is 7.00. The predicted molar refractivity (Wildman–Crippen MR) is 225 cm³/mol. The van der Waals surface area contributed by atoms with Crippen LogP contribution in [0.4, 0.5) is 0 Å². The molecule has 7 aromatic carbocycles. The van der Waals surface area contributed by atoms with Crippen molar-refractivity contribution in [2.45, 2.75) is 19.3 Å². The van der Waals surface area contributed by atoms with Gasteiger partial charge in [-0.25, -0.2) is 19.9 Å². The lowest BCUT2D eigenvalue weighted by Crippen LogP contribution is -2.14. The van der Waals surface area contributed by atoms with Gasteiger partial charge >= 0.3 is 0 Å². The lowest BCUT2D eigenvalue weighted by Gasteiger charge is -2.22. The first-order valence-corrected chi connectivity index (χ1v) is 19.3. The fraction of sp³-hybridized carbons (Fsp3) is 0.0612. The number of hydrogen-bond donors (Lipinski definition) is 0. The highest BCUT2D eigenvalue weighted by molar-refractivity contribution is 7.22. The van der Waals surface area contributed by atoms with Gasteiger partial charge in [0.2, 0.25) is 0 Å². The minimum atomic E-state index is -0.172. The van der Waals surface area contributed by atoms with Crippen LogP contribution in [0.2, 0.25) is 0 Å². The van der Waals surface area contributed by atoms with E-state index in [1.807, 2.05) is 66.7 Å². The number of para-hydroxylation sites is 2. The van der Waals surface area contributed by atoms with Crippen molar-refractivity contribution in [3.8, 4) is 67.0 Å². The van der Waals surface area contributed by atoms with Crippen molar-refractivity contribution in [2.24, 2.45) is 0 Å². The first-order valence-electron chi connectivity index (χ1n) is 18.5. The summed E-state index contributed by atoms with van der Waals surface area (Å²) >= 11 is 1.78. The molecular formula is C49H32N4OS. The molecule has 0 bridgehead atoms. The Morgan fingerprint density at radius 1 is 0.473 bits per heavy atom. The van der Waals surface area contributed by atoms with Crippen LogP contribution in [0, 0.1) is 0 Å². The highest BCUT2D eigenvalue weighted by atomic mass is 32.1. The molecule has 3 aromatic heterocycles. The molecule has 0 N–H and O–H groups in total. The first kappa shape index (κ1) is 31.7. The standard InChI is InChI=1S/C49H32N4OS/c1-49(2)38-25-26-40-44(55-48(50-40)30-15-7-4-8-16-30)42(38)36-24-23-32(28-39(36)49)31-17-11-18-33(27-31)46-51-45(29-13-5-3-6-14-29)52-47(53-46)37-21-12-20-35-34-19-9-10-22-41(34)54-43(35)37/h3-28H,1-2H3. The second-order valence-electron chi connectivity index (χ2n) is 14.6. The van der Waals surface area contributed by atoms with Gasteiger partial charge in [0, 0.05) is 38.4 Å². The molecule has 5 nitrogen and oxygen atoms in total. The fourth-order valence-electron chi connectivity index (χ4n) is 8.19. The molecule has 0 unspecified atom stereocenters. The van der Waals surface area contributed by atoms with Crippen molar-refractivity contribution >= 4 is 43.5 Å². The van der Waals surface area contributed by atoms with E-state index in [4.69, 9.17) is 24.4 Å². The third-order valence-electron chi connectivity index (χ3n) is 11.0. The number of hydrogen-bond acceptors (Lipinski definition) is 6. The van der Waals surface area contributed by atoms with Gasteiger partial charge in [0.1, 0.15) is 16.2 Å². The summed E-state index contributed by atoms with van der Waals surface area (Å²) in [5.41, 5.74) is 13.8. The van der Waals surface area contributed by atoms with E-state index in [9.17, 15) is 0 Å². The molecule has 10 aromatic rings. The Morgan fingerprint density at radius 3 is 1.96 bits per heavy atom. The van der Waals surface area contributed by atoms with Gasteiger partial charge in [0.05, 0.1) is 15.8 Å². The van der Waals surface area contributed by atoms with E-state index in [2.05, 4.69) is 105 Å². The van der Waals surface area contributed by atoms with Gasteiger partial charge in [-0.05, 0) is 58.1 Å². The van der Waals surface area contributed by atoms with Gasteiger partial charge in [-0.2, -0.15) is 0 Å². The van der Waals surface area contributed by atoms with Crippen molar-refractivity contribution in [3.05, 3.63) is 169 Å². The van der Waals surface area contributed by atoms with Gasteiger partial charge in [0.15, 0.2) is 17.5 Å². The predicted octanol–water partition coefficient (Wildman–Crippen LogP) is 13.0. The molecule has 6 heteroatoms. The van der Waals surface area contributed by atoms with E-state index in [0.29, 0.717) is 17.5 Å². The van der Waals surface area contributed by atoms with E-state index >= 15 is 0 Å². The van der Waals surface area contributed by atoms with E-state index in [1.165, 1.54) is 27.0 Å². The molecule has 0 fully saturated rings. The molecule has 0 saturated heterocycles. The van der Waals surface area contributed by atoms with Crippen LogP contribution in [0.1, 0.15) is 25.0 Å². The van der Waals surface area contributed by atoms with E-state index in [-0.39, 0.29) is 5.41 Å². The van der Waals surface area contributed by atoms with Gasteiger partial charge in [-0.3, -0.25) is 0 Å². The van der Waals surface area contributed by atoms with Gasteiger partial charge < -0.3 is 4.42 Å². The SMILES string of the molecule is CC1(C)c2cc(-c3cccc(-c4nc(-c5ccccc5)nc(-c5cccc6c5oc5ccccc56)n4)c3)ccc2-c2c1ccc1nc(-c3ccccc3)sc21. The second-order valence-corrected chi connectivity index (χ2v) is 15.6. The van der Waals surface area contributed by atoms with Crippen LogP contribution in [0.25, 0.3) is 99.1 Å². The van der Waals surface area contributed by atoms with Crippen LogP contribution in [-0.4, -0.2) is 19.9 Å². The third kappa shape index (κ3) is 5.06. The summed E-state index contributed by atoms with van der Waals surface area (Å²) in [7, 11) is 0.